The molecule has 26 heavy (non-hydrogen) atoms. The Labute approximate surface area is 160 Å². The number of benzene rings is 1. The van der Waals surface area contributed by atoms with Gasteiger partial charge in [-0.25, -0.2) is 8.42 Å². The summed E-state index contributed by atoms with van der Waals surface area (Å²) in [5.41, 5.74) is 0. The lowest BCUT2D eigenvalue weighted by molar-refractivity contribution is -0.137. The third kappa shape index (κ3) is 4.22. The number of hydrogen-bond acceptors (Lipinski definition) is 4. The van der Waals surface area contributed by atoms with Crippen molar-refractivity contribution in [2.75, 3.05) is 39.3 Å². The van der Waals surface area contributed by atoms with Crippen LogP contribution in [0.2, 0.25) is 5.02 Å². The number of piperazine rings is 1. The summed E-state index contributed by atoms with van der Waals surface area (Å²) in [6.07, 6.45) is 3.34. The molecule has 144 valence electrons. The van der Waals surface area contributed by atoms with Gasteiger partial charge in [0.15, 0.2) is 0 Å². The van der Waals surface area contributed by atoms with Gasteiger partial charge in [0.25, 0.3) is 0 Å². The van der Waals surface area contributed by atoms with E-state index < -0.39 is 10.0 Å². The minimum Gasteiger partial charge on any atom is -0.341 e. The fourth-order valence-corrected chi connectivity index (χ4v) is 5.17. The molecule has 6 nitrogen and oxygen atoms in total. The van der Waals surface area contributed by atoms with Crippen LogP contribution in [-0.4, -0.2) is 73.7 Å². The molecule has 8 heteroatoms. The third-order valence-electron chi connectivity index (χ3n) is 5.30. The summed E-state index contributed by atoms with van der Waals surface area (Å²) in [5, 5.41) is 0.513. The van der Waals surface area contributed by atoms with Crippen LogP contribution < -0.4 is 0 Å². The molecule has 0 bridgehead atoms. The van der Waals surface area contributed by atoms with E-state index >= 15 is 0 Å². The molecule has 1 aromatic rings. The second kappa shape index (κ2) is 8.25. The number of rotatable bonds is 4. The van der Waals surface area contributed by atoms with E-state index in [-0.39, 0.29) is 16.8 Å². The standard InChI is InChI=1S/C18H26ClN3O3S/c1-15(18(23)21-9-3-2-4-10-21)20-11-13-22(14-12-20)26(24,25)17-7-5-16(19)6-8-17/h5-8,15H,2-4,9-14H2,1H3/t15-/m1/s1. The molecule has 3 rings (SSSR count). The molecule has 0 aromatic heterocycles. The highest BCUT2D eigenvalue weighted by atomic mass is 35.5. The van der Waals surface area contributed by atoms with Crippen molar-refractivity contribution >= 4 is 27.5 Å². The first-order valence-electron chi connectivity index (χ1n) is 9.18. The second-order valence-corrected chi connectivity index (χ2v) is 9.33. The Morgan fingerprint density at radius 3 is 2.12 bits per heavy atom. The van der Waals surface area contributed by atoms with Gasteiger partial charge in [0, 0.05) is 44.3 Å². The van der Waals surface area contributed by atoms with Crippen LogP contribution in [0.5, 0.6) is 0 Å². The van der Waals surface area contributed by atoms with Crippen molar-refractivity contribution in [3.63, 3.8) is 0 Å². The zero-order valence-corrected chi connectivity index (χ0v) is 16.7. The summed E-state index contributed by atoms with van der Waals surface area (Å²) in [6.45, 7) is 5.52. The second-order valence-electron chi connectivity index (χ2n) is 6.96. The summed E-state index contributed by atoms with van der Waals surface area (Å²) in [6, 6.07) is 6.04. The Bertz CT molecular complexity index is 725. The maximum absolute atomic E-state index is 12.7. The van der Waals surface area contributed by atoms with Crippen molar-refractivity contribution in [3.8, 4) is 0 Å². The van der Waals surface area contributed by atoms with Gasteiger partial charge in [-0.2, -0.15) is 4.31 Å². The summed E-state index contributed by atoms with van der Waals surface area (Å²) in [7, 11) is -3.52. The van der Waals surface area contributed by atoms with Crippen LogP contribution in [0.25, 0.3) is 0 Å². The minimum absolute atomic E-state index is 0.165. The quantitative estimate of drug-likeness (QED) is 0.777. The molecular weight excluding hydrogens is 374 g/mol. The van der Waals surface area contributed by atoms with Crippen LogP contribution in [0.4, 0.5) is 0 Å². The predicted octanol–water partition coefficient (Wildman–Crippen LogP) is 2.05. The van der Waals surface area contributed by atoms with Gasteiger partial charge in [0.2, 0.25) is 15.9 Å². The molecule has 0 spiro atoms. The highest BCUT2D eigenvalue weighted by Gasteiger charge is 2.33. The fraction of sp³-hybridized carbons (Fsp3) is 0.611. The molecule has 1 aromatic carbocycles. The molecule has 2 fully saturated rings. The summed E-state index contributed by atoms with van der Waals surface area (Å²) < 4.78 is 27.0. The Morgan fingerprint density at radius 2 is 1.54 bits per heavy atom. The van der Waals surface area contributed by atoms with Gasteiger partial charge in [-0.05, 0) is 50.5 Å². The average molecular weight is 400 g/mol. The number of amides is 1. The first-order valence-corrected chi connectivity index (χ1v) is 11.0. The molecule has 1 amide bonds. The zero-order chi connectivity index (χ0) is 18.7. The third-order valence-corrected chi connectivity index (χ3v) is 7.46. The van der Waals surface area contributed by atoms with E-state index in [0.29, 0.717) is 31.2 Å². The highest BCUT2D eigenvalue weighted by Crippen LogP contribution is 2.21. The van der Waals surface area contributed by atoms with Crippen molar-refractivity contribution in [3.05, 3.63) is 29.3 Å². The first kappa shape index (κ1) is 19.6. The van der Waals surface area contributed by atoms with Gasteiger partial charge >= 0.3 is 0 Å². The molecule has 1 atom stereocenters. The van der Waals surface area contributed by atoms with Gasteiger partial charge in [-0.15, -0.1) is 0 Å². The Morgan fingerprint density at radius 1 is 0.962 bits per heavy atom. The van der Waals surface area contributed by atoms with E-state index in [9.17, 15) is 13.2 Å². The summed E-state index contributed by atoms with van der Waals surface area (Å²) in [4.78, 5) is 17.0. The molecule has 0 N–H and O–H groups in total. The van der Waals surface area contributed by atoms with Crippen molar-refractivity contribution in [2.24, 2.45) is 0 Å². The van der Waals surface area contributed by atoms with E-state index in [0.717, 1.165) is 25.9 Å². The van der Waals surface area contributed by atoms with E-state index in [1.54, 1.807) is 12.1 Å². The van der Waals surface area contributed by atoms with Gasteiger partial charge in [-0.3, -0.25) is 9.69 Å². The van der Waals surface area contributed by atoms with Crippen molar-refractivity contribution in [1.29, 1.82) is 0 Å². The van der Waals surface area contributed by atoms with Crippen LogP contribution in [0.3, 0.4) is 0 Å². The summed E-state index contributed by atoms with van der Waals surface area (Å²) in [5.74, 6) is 0.165. The van der Waals surface area contributed by atoms with E-state index in [1.807, 2.05) is 11.8 Å². The largest absolute Gasteiger partial charge is 0.341 e. The van der Waals surface area contributed by atoms with E-state index in [4.69, 9.17) is 11.6 Å². The lowest BCUT2D eigenvalue weighted by atomic mass is 10.1. The smallest absolute Gasteiger partial charge is 0.243 e. The van der Waals surface area contributed by atoms with Crippen LogP contribution in [-0.2, 0) is 14.8 Å². The van der Waals surface area contributed by atoms with E-state index in [1.165, 1.54) is 22.9 Å². The maximum atomic E-state index is 12.7. The van der Waals surface area contributed by atoms with Gasteiger partial charge in [0.05, 0.1) is 10.9 Å². The average Bonchev–Trinajstić information content (AvgIpc) is 2.68. The highest BCUT2D eigenvalue weighted by molar-refractivity contribution is 7.89. The van der Waals surface area contributed by atoms with Crippen molar-refractivity contribution < 1.29 is 13.2 Å². The lowest BCUT2D eigenvalue weighted by Gasteiger charge is -2.39. The predicted molar refractivity (Wildman–Crippen MR) is 102 cm³/mol. The monoisotopic (exact) mass is 399 g/mol. The number of carbonyl (C=O) groups excluding carboxylic acids is 1. The normalized spacial score (nSPS) is 21.5. The molecule has 0 radical (unpaired) electrons. The molecule has 2 heterocycles. The lowest BCUT2D eigenvalue weighted by Crippen LogP contribution is -2.55. The number of carbonyl (C=O) groups is 1. The van der Waals surface area contributed by atoms with Gasteiger partial charge in [-0.1, -0.05) is 11.6 Å². The Balaban J connectivity index is 1.59. The Hall–Kier alpha value is -1.15. The number of hydrogen-bond donors (Lipinski definition) is 0. The molecule has 2 aliphatic heterocycles. The van der Waals surface area contributed by atoms with Gasteiger partial charge in [0.1, 0.15) is 0 Å². The van der Waals surface area contributed by atoms with Crippen molar-refractivity contribution in [1.82, 2.24) is 14.1 Å². The Kier molecular flexibility index (Phi) is 6.22. The number of nitrogens with zero attached hydrogens (tertiary/aromatic N) is 3. The summed E-state index contributed by atoms with van der Waals surface area (Å²) >= 11 is 5.84. The maximum Gasteiger partial charge on any atom is 0.243 e. The molecular formula is C18H26ClN3O3S. The van der Waals surface area contributed by atoms with Gasteiger partial charge < -0.3 is 4.90 Å². The molecule has 2 saturated heterocycles. The number of piperidine rings is 1. The molecule has 2 aliphatic rings. The van der Waals surface area contributed by atoms with Crippen molar-refractivity contribution in [2.45, 2.75) is 37.1 Å². The first-order chi connectivity index (χ1) is 12.4. The number of likely N-dealkylation sites (tertiary alicyclic amines) is 1. The number of sulfonamides is 1. The van der Waals surface area contributed by atoms with Crippen LogP contribution >= 0.6 is 11.6 Å². The fourth-order valence-electron chi connectivity index (χ4n) is 3.62. The van der Waals surface area contributed by atoms with Crippen LogP contribution in [0.15, 0.2) is 29.2 Å². The number of halogens is 1. The molecule has 0 aliphatic carbocycles. The minimum atomic E-state index is -3.52. The SMILES string of the molecule is C[C@H](C(=O)N1CCCCC1)N1CCN(S(=O)(=O)c2ccc(Cl)cc2)CC1. The topological polar surface area (TPSA) is 60.9 Å². The van der Waals surface area contributed by atoms with Crippen LogP contribution in [0.1, 0.15) is 26.2 Å². The molecule has 0 saturated carbocycles. The zero-order valence-electron chi connectivity index (χ0n) is 15.1. The van der Waals surface area contributed by atoms with E-state index in [2.05, 4.69) is 4.90 Å². The molecule has 0 unspecified atom stereocenters. The van der Waals surface area contributed by atoms with Crippen LogP contribution in [0, 0.1) is 0 Å².